The number of amides is 1. The Balaban J connectivity index is 1.88. The Bertz CT molecular complexity index is 1010. The third kappa shape index (κ3) is 3.78. The quantitative estimate of drug-likeness (QED) is 0.639. The first kappa shape index (κ1) is 19.2. The van der Waals surface area contributed by atoms with Crippen molar-refractivity contribution in [2.45, 2.75) is 32.7 Å². The van der Waals surface area contributed by atoms with Crippen LogP contribution in [0.15, 0.2) is 36.4 Å². The Morgan fingerprint density at radius 1 is 1.04 bits per heavy atom. The SMILES string of the molecule is COC(=O)[C@@H](NC(=O)[C@H](C)c1ccc2c(c1)[nH]c1ccc(Cl)cc12)C(C)C. The highest BCUT2D eigenvalue weighted by Gasteiger charge is 2.27. The van der Waals surface area contributed by atoms with Gasteiger partial charge in [-0.3, -0.25) is 4.79 Å². The molecule has 1 aromatic heterocycles. The van der Waals surface area contributed by atoms with Crippen LogP contribution < -0.4 is 5.32 Å². The maximum absolute atomic E-state index is 12.7. The minimum Gasteiger partial charge on any atom is -0.467 e. The molecule has 2 aromatic carbocycles. The average Bonchev–Trinajstić information content (AvgIpc) is 3.01. The Morgan fingerprint density at radius 3 is 2.44 bits per heavy atom. The van der Waals surface area contributed by atoms with E-state index >= 15 is 0 Å². The number of esters is 1. The van der Waals surface area contributed by atoms with Gasteiger partial charge >= 0.3 is 5.97 Å². The zero-order valence-electron chi connectivity index (χ0n) is 15.8. The van der Waals surface area contributed by atoms with Gasteiger partial charge in [0.25, 0.3) is 0 Å². The summed E-state index contributed by atoms with van der Waals surface area (Å²) in [6.07, 6.45) is 0. The maximum Gasteiger partial charge on any atom is 0.328 e. The molecule has 5 nitrogen and oxygen atoms in total. The lowest BCUT2D eigenvalue weighted by atomic mass is 9.97. The largest absolute Gasteiger partial charge is 0.467 e. The molecule has 0 aliphatic rings. The molecule has 27 heavy (non-hydrogen) atoms. The number of methoxy groups -OCH3 is 1. The summed E-state index contributed by atoms with van der Waals surface area (Å²) < 4.78 is 4.79. The second kappa shape index (κ2) is 7.61. The van der Waals surface area contributed by atoms with Gasteiger partial charge in [-0.15, -0.1) is 0 Å². The highest BCUT2D eigenvalue weighted by molar-refractivity contribution is 6.31. The van der Waals surface area contributed by atoms with Gasteiger partial charge in [-0.1, -0.05) is 37.6 Å². The van der Waals surface area contributed by atoms with Gasteiger partial charge in [0.2, 0.25) is 5.91 Å². The third-order valence-electron chi connectivity index (χ3n) is 4.90. The van der Waals surface area contributed by atoms with Crippen LogP contribution >= 0.6 is 11.6 Å². The Labute approximate surface area is 163 Å². The zero-order valence-corrected chi connectivity index (χ0v) is 16.6. The van der Waals surface area contributed by atoms with Crippen molar-refractivity contribution in [2.24, 2.45) is 5.92 Å². The smallest absolute Gasteiger partial charge is 0.328 e. The second-order valence-corrected chi connectivity index (χ2v) is 7.53. The van der Waals surface area contributed by atoms with Crippen LogP contribution in [0.25, 0.3) is 21.8 Å². The van der Waals surface area contributed by atoms with Gasteiger partial charge in [0, 0.05) is 26.8 Å². The highest BCUT2D eigenvalue weighted by Crippen LogP contribution is 2.30. The number of aromatic amines is 1. The fourth-order valence-electron chi connectivity index (χ4n) is 3.22. The lowest BCUT2D eigenvalue weighted by Gasteiger charge is -2.22. The van der Waals surface area contributed by atoms with Crippen molar-refractivity contribution in [3.63, 3.8) is 0 Å². The van der Waals surface area contributed by atoms with Crippen molar-refractivity contribution in [1.29, 1.82) is 0 Å². The number of hydrogen-bond donors (Lipinski definition) is 2. The van der Waals surface area contributed by atoms with E-state index < -0.39 is 17.9 Å². The molecule has 1 heterocycles. The molecule has 0 aliphatic heterocycles. The van der Waals surface area contributed by atoms with E-state index in [1.165, 1.54) is 7.11 Å². The molecule has 0 saturated heterocycles. The summed E-state index contributed by atoms with van der Waals surface area (Å²) in [6, 6.07) is 10.9. The fraction of sp³-hybridized carbons (Fsp3) is 0.333. The average molecular weight is 387 g/mol. The molecule has 3 rings (SSSR count). The van der Waals surface area contributed by atoms with Crippen LogP contribution in [0.1, 0.15) is 32.3 Å². The minimum atomic E-state index is -0.663. The van der Waals surface area contributed by atoms with Gasteiger partial charge in [0.05, 0.1) is 13.0 Å². The first-order valence-corrected chi connectivity index (χ1v) is 9.28. The lowest BCUT2D eigenvalue weighted by Crippen LogP contribution is -2.46. The second-order valence-electron chi connectivity index (χ2n) is 7.10. The third-order valence-corrected chi connectivity index (χ3v) is 5.13. The van der Waals surface area contributed by atoms with E-state index in [0.29, 0.717) is 5.02 Å². The molecule has 0 bridgehead atoms. The van der Waals surface area contributed by atoms with Crippen molar-refractivity contribution in [3.05, 3.63) is 47.0 Å². The molecule has 2 N–H and O–H groups in total. The first-order valence-electron chi connectivity index (χ1n) is 8.91. The van der Waals surface area contributed by atoms with Gasteiger partial charge < -0.3 is 15.0 Å². The predicted molar refractivity (Wildman–Crippen MR) is 108 cm³/mol. The van der Waals surface area contributed by atoms with Gasteiger partial charge in [-0.25, -0.2) is 4.79 Å². The van der Waals surface area contributed by atoms with Crippen LogP contribution in [0.2, 0.25) is 5.02 Å². The van der Waals surface area contributed by atoms with Crippen molar-refractivity contribution >= 4 is 45.3 Å². The molecule has 0 unspecified atom stereocenters. The number of nitrogens with one attached hydrogen (secondary N) is 2. The van der Waals surface area contributed by atoms with E-state index in [1.807, 2.05) is 57.2 Å². The number of H-pyrrole nitrogens is 1. The molecular weight excluding hydrogens is 364 g/mol. The summed E-state index contributed by atoms with van der Waals surface area (Å²) in [6.45, 7) is 5.56. The Hall–Kier alpha value is -2.53. The zero-order chi connectivity index (χ0) is 19.7. The molecule has 0 aliphatic carbocycles. The number of aromatic nitrogens is 1. The summed E-state index contributed by atoms with van der Waals surface area (Å²) in [4.78, 5) is 27.9. The highest BCUT2D eigenvalue weighted by atomic mass is 35.5. The summed E-state index contributed by atoms with van der Waals surface area (Å²) >= 11 is 6.11. The molecule has 2 atom stereocenters. The number of carbonyl (C=O) groups is 2. The van der Waals surface area contributed by atoms with E-state index in [4.69, 9.17) is 16.3 Å². The van der Waals surface area contributed by atoms with E-state index in [1.54, 1.807) is 0 Å². The molecule has 1 amide bonds. The summed E-state index contributed by atoms with van der Waals surface area (Å²) in [5.74, 6) is -1.11. The molecule has 6 heteroatoms. The molecule has 3 aromatic rings. The molecular formula is C21H23ClN2O3. The topological polar surface area (TPSA) is 71.2 Å². The molecule has 142 valence electrons. The van der Waals surface area contributed by atoms with E-state index in [9.17, 15) is 9.59 Å². The summed E-state index contributed by atoms with van der Waals surface area (Å²) in [5.41, 5.74) is 2.80. The van der Waals surface area contributed by atoms with Crippen LogP contribution in [-0.4, -0.2) is 30.0 Å². The number of hydrogen-bond acceptors (Lipinski definition) is 3. The Morgan fingerprint density at radius 2 is 1.78 bits per heavy atom. The summed E-state index contributed by atoms with van der Waals surface area (Å²) in [7, 11) is 1.32. The van der Waals surface area contributed by atoms with Crippen LogP contribution in [0.4, 0.5) is 0 Å². The maximum atomic E-state index is 12.7. The van der Waals surface area contributed by atoms with E-state index in [2.05, 4.69) is 10.3 Å². The molecule has 0 fully saturated rings. The van der Waals surface area contributed by atoms with Crippen molar-refractivity contribution in [2.75, 3.05) is 7.11 Å². The number of ether oxygens (including phenoxy) is 1. The minimum absolute atomic E-state index is 0.0606. The van der Waals surface area contributed by atoms with Crippen molar-refractivity contribution < 1.29 is 14.3 Å². The number of carbonyl (C=O) groups excluding carboxylic acids is 2. The van der Waals surface area contributed by atoms with Gasteiger partial charge in [0.15, 0.2) is 0 Å². The predicted octanol–water partition coefficient (Wildman–Crippen LogP) is 4.39. The van der Waals surface area contributed by atoms with Crippen LogP contribution in [-0.2, 0) is 14.3 Å². The number of fused-ring (bicyclic) bond motifs is 3. The van der Waals surface area contributed by atoms with Crippen molar-refractivity contribution in [3.8, 4) is 0 Å². The van der Waals surface area contributed by atoms with Crippen LogP contribution in [0, 0.1) is 5.92 Å². The number of halogens is 1. The van der Waals surface area contributed by atoms with Crippen LogP contribution in [0.3, 0.4) is 0 Å². The summed E-state index contributed by atoms with van der Waals surface area (Å²) in [5, 5.41) is 5.59. The standard InChI is InChI=1S/C21H23ClN2O3/c1-11(2)19(21(26)27-4)24-20(25)12(3)13-5-7-15-16-10-14(22)6-8-17(16)23-18(15)9-13/h5-12,19,23H,1-4H3,(H,24,25)/t12-,19+/m1/s1. The molecule has 0 saturated carbocycles. The monoisotopic (exact) mass is 386 g/mol. The molecule has 0 radical (unpaired) electrons. The first-order chi connectivity index (χ1) is 12.8. The Kier molecular flexibility index (Phi) is 5.42. The van der Waals surface area contributed by atoms with Gasteiger partial charge in [0.1, 0.15) is 6.04 Å². The van der Waals surface area contributed by atoms with Gasteiger partial charge in [-0.2, -0.15) is 0 Å². The fourth-order valence-corrected chi connectivity index (χ4v) is 3.39. The van der Waals surface area contributed by atoms with E-state index in [-0.39, 0.29) is 11.8 Å². The normalized spacial score (nSPS) is 13.7. The van der Waals surface area contributed by atoms with Crippen molar-refractivity contribution in [1.82, 2.24) is 10.3 Å². The number of benzene rings is 2. The number of rotatable bonds is 5. The van der Waals surface area contributed by atoms with E-state index in [0.717, 1.165) is 27.4 Å². The lowest BCUT2D eigenvalue weighted by molar-refractivity contribution is -0.146. The van der Waals surface area contributed by atoms with Gasteiger partial charge in [-0.05, 0) is 42.7 Å². The molecule has 0 spiro atoms. The van der Waals surface area contributed by atoms with Crippen LogP contribution in [0.5, 0.6) is 0 Å².